The van der Waals surface area contributed by atoms with Gasteiger partial charge in [0.15, 0.2) is 0 Å². The molecule has 1 aliphatic heterocycles. The Hall–Kier alpha value is -2.76. The Bertz CT molecular complexity index is 938. The molecular formula is C19H15BrN4O2S. The van der Waals surface area contributed by atoms with Crippen LogP contribution in [0.4, 0.5) is 10.5 Å². The van der Waals surface area contributed by atoms with Crippen LogP contribution in [0.15, 0.2) is 69.7 Å². The summed E-state index contributed by atoms with van der Waals surface area (Å²) in [6.45, 7) is 0. The largest absolute Gasteiger partial charge is 0.393 e. The molecule has 0 bridgehead atoms. The van der Waals surface area contributed by atoms with Gasteiger partial charge in [-0.15, -0.1) is 0 Å². The highest BCUT2D eigenvalue weighted by Crippen LogP contribution is 2.45. The smallest absolute Gasteiger partial charge is 0.325 e. The van der Waals surface area contributed by atoms with Gasteiger partial charge >= 0.3 is 6.03 Å². The fourth-order valence-corrected chi connectivity index (χ4v) is 4.21. The standard InChI is InChI=1S/C19H15BrN4O2S/c20-12-8-6-11(7-9-12)15-14(10-21)17(22)27-16(15)18(25)24-19(26)23-13-4-2-1-3-5-13/h1-9,15-16H,22H2,(H2,23,24,25,26). The number of imide groups is 1. The molecule has 2 aromatic rings. The number of nitriles is 1. The van der Waals surface area contributed by atoms with Crippen molar-refractivity contribution in [3.63, 3.8) is 0 Å². The van der Waals surface area contributed by atoms with Crippen molar-refractivity contribution in [1.29, 1.82) is 5.26 Å². The second kappa shape index (κ2) is 8.29. The molecule has 8 heteroatoms. The fraction of sp³-hybridized carbons (Fsp3) is 0.105. The fourth-order valence-electron chi connectivity index (χ4n) is 2.78. The minimum atomic E-state index is -0.706. The zero-order valence-electron chi connectivity index (χ0n) is 14.0. The number of allylic oxidation sites excluding steroid dienone is 1. The summed E-state index contributed by atoms with van der Waals surface area (Å²) < 4.78 is 0.885. The third-order valence-corrected chi connectivity index (χ3v) is 5.75. The van der Waals surface area contributed by atoms with Crippen molar-refractivity contribution in [3.05, 3.63) is 75.2 Å². The molecule has 0 radical (unpaired) electrons. The number of benzene rings is 2. The van der Waals surface area contributed by atoms with Crippen molar-refractivity contribution in [1.82, 2.24) is 5.32 Å². The summed E-state index contributed by atoms with van der Waals surface area (Å²) in [5.41, 5.74) is 7.65. The SMILES string of the molecule is N#CC1=C(N)SC(C(=O)NC(=O)Nc2ccccc2)C1c1ccc(Br)cc1. The number of urea groups is 1. The number of nitrogens with one attached hydrogen (secondary N) is 2. The number of carbonyl (C=O) groups is 2. The molecule has 6 nitrogen and oxygen atoms in total. The minimum absolute atomic E-state index is 0.300. The van der Waals surface area contributed by atoms with E-state index in [4.69, 9.17) is 5.73 Å². The van der Waals surface area contributed by atoms with Crippen molar-refractivity contribution >= 4 is 45.3 Å². The van der Waals surface area contributed by atoms with Crippen LogP contribution in [-0.4, -0.2) is 17.2 Å². The van der Waals surface area contributed by atoms with Gasteiger partial charge in [0.05, 0.1) is 16.7 Å². The van der Waals surface area contributed by atoms with E-state index in [0.717, 1.165) is 21.8 Å². The first kappa shape index (κ1) is 19.0. The summed E-state index contributed by atoms with van der Waals surface area (Å²) in [5, 5.41) is 14.0. The lowest BCUT2D eigenvalue weighted by Gasteiger charge is -2.19. The van der Waals surface area contributed by atoms with Crippen LogP contribution in [0.5, 0.6) is 0 Å². The average Bonchev–Trinajstić information content (AvgIpc) is 2.99. The van der Waals surface area contributed by atoms with Crippen molar-refractivity contribution < 1.29 is 9.59 Å². The van der Waals surface area contributed by atoms with E-state index in [1.54, 1.807) is 24.3 Å². The molecule has 0 saturated carbocycles. The monoisotopic (exact) mass is 442 g/mol. The van der Waals surface area contributed by atoms with Crippen molar-refractivity contribution in [2.24, 2.45) is 5.73 Å². The van der Waals surface area contributed by atoms with Gasteiger partial charge in [0.25, 0.3) is 0 Å². The molecule has 2 unspecified atom stereocenters. The average molecular weight is 443 g/mol. The molecule has 4 N–H and O–H groups in total. The number of nitrogens with two attached hydrogens (primary N) is 1. The number of carbonyl (C=O) groups excluding carboxylic acids is 2. The number of anilines is 1. The van der Waals surface area contributed by atoms with E-state index in [1.807, 2.05) is 30.3 Å². The second-order valence-corrected chi connectivity index (χ2v) is 7.87. The third kappa shape index (κ3) is 4.32. The lowest BCUT2D eigenvalue weighted by atomic mass is 9.89. The maximum absolute atomic E-state index is 12.7. The molecule has 0 spiro atoms. The van der Waals surface area contributed by atoms with E-state index in [1.165, 1.54) is 0 Å². The van der Waals surface area contributed by atoms with Crippen LogP contribution in [0, 0.1) is 11.3 Å². The Morgan fingerprint density at radius 3 is 2.41 bits per heavy atom. The molecule has 3 rings (SSSR count). The summed E-state index contributed by atoms with van der Waals surface area (Å²) in [5.74, 6) is -1.02. The molecule has 0 aliphatic carbocycles. The van der Waals surface area contributed by atoms with E-state index in [9.17, 15) is 14.9 Å². The number of amides is 3. The zero-order chi connectivity index (χ0) is 19.4. The Labute approximate surface area is 168 Å². The highest BCUT2D eigenvalue weighted by molar-refractivity contribution is 9.10. The van der Waals surface area contributed by atoms with Crippen LogP contribution in [-0.2, 0) is 4.79 Å². The maximum atomic E-state index is 12.7. The van der Waals surface area contributed by atoms with Gasteiger partial charge in [-0.3, -0.25) is 10.1 Å². The van der Waals surface area contributed by atoms with Gasteiger partial charge in [0, 0.05) is 16.1 Å². The Morgan fingerprint density at radius 2 is 1.78 bits per heavy atom. The van der Waals surface area contributed by atoms with Gasteiger partial charge in [-0.2, -0.15) is 5.26 Å². The molecule has 1 heterocycles. The first-order valence-electron chi connectivity index (χ1n) is 7.98. The lowest BCUT2D eigenvalue weighted by Crippen LogP contribution is -2.41. The van der Waals surface area contributed by atoms with Gasteiger partial charge in [-0.1, -0.05) is 58.0 Å². The Kier molecular flexibility index (Phi) is 5.84. The van der Waals surface area contributed by atoms with Crippen molar-refractivity contribution in [2.45, 2.75) is 11.2 Å². The molecule has 3 amide bonds. The summed E-state index contributed by atoms with van der Waals surface area (Å²) in [6, 6.07) is 17.6. The molecule has 1 aliphatic rings. The van der Waals surface area contributed by atoms with Gasteiger partial charge in [0.1, 0.15) is 5.25 Å². The lowest BCUT2D eigenvalue weighted by molar-refractivity contribution is -0.119. The summed E-state index contributed by atoms with van der Waals surface area (Å²) in [7, 11) is 0. The quantitative estimate of drug-likeness (QED) is 0.671. The number of halogens is 1. The maximum Gasteiger partial charge on any atom is 0.325 e. The summed E-state index contributed by atoms with van der Waals surface area (Å²) >= 11 is 4.46. The van der Waals surface area contributed by atoms with Crippen molar-refractivity contribution in [3.8, 4) is 6.07 Å². The molecule has 136 valence electrons. The topological polar surface area (TPSA) is 108 Å². The molecule has 2 aromatic carbocycles. The molecule has 2 atom stereocenters. The van der Waals surface area contributed by atoms with E-state index in [2.05, 4.69) is 32.6 Å². The van der Waals surface area contributed by atoms with Gasteiger partial charge in [-0.05, 0) is 29.8 Å². The van der Waals surface area contributed by atoms with Gasteiger partial charge in [0.2, 0.25) is 5.91 Å². The zero-order valence-corrected chi connectivity index (χ0v) is 16.4. The summed E-state index contributed by atoms with van der Waals surface area (Å²) in [4.78, 5) is 24.8. The van der Waals surface area contributed by atoms with E-state index in [-0.39, 0.29) is 0 Å². The number of hydrogen-bond donors (Lipinski definition) is 3. The molecule has 0 aromatic heterocycles. The van der Waals surface area contributed by atoms with Gasteiger partial charge < -0.3 is 11.1 Å². The van der Waals surface area contributed by atoms with Crippen LogP contribution in [0.3, 0.4) is 0 Å². The first-order chi connectivity index (χ1) is 13.0. The molecule has 27 heavy (non-hydrogen) atoms. The second-order valence-electron chi connectivity index (χ2n) is 5.77. The number of thioether (sulfide) groups is 1. The first-order valence-corrected chi connectivity index (χ1v) is 9.65. The highest BCUT2D eigenvalue weighted by Gasteiger charge is 2.41. The van der Waals surface area contributed by atoms with Crippen molar-refractivity contribution in [2.75, 3.05) is 5.32 Å². The number of para-hydroxylation sites is 1. The predicted octanol–water partition coefficient (Wildman–Crippen LogP) is 3.69. The minimum Gasteiger partial charge on any atom is -0.393 e. The normalized spacial score (nSPS) is 18.7. The van der Waals surface area contributed by atoms with Crippen LogP contribution < -0.4 is 16.4 Å². The third-order valence-electron chi connectivity index (χ3n) is 4.01. The highest BCUT2D eigenvalue weighted by atomic mass is 79.9. The van der Waals surface area contributed by atoms with Gasteiger partial charge in [-0.25, -0.2) is 4.79 Å². The van der Waals surface area contributed by atoms with E-state index >= 15 is 0 Å². The van der Waals surface area contributed by atoms with E-state index in [0.29, 0.717) is 16.3 Å². The molecule has 0 fully saturated rings. The van der Waals surface area contributed by atoms with E-state index < -0.39 is 23.1 Å². The number of nitrogens with zero attached hydrogens (tertiary/aromatic N) is 1. The van der Waals surface area contributed by atoms with Crippen LogP contribution in [0.25, 0.3) is 0 Å². The predicted molar refractivity (Wildman–Crippen MR) is 109 cm³/mol. The summed E-state index contributed by atoms with van der Waals surface area (Å²) in [6.07, 6.45) is 0. The molecule has 0 saturated heterocycles. The molecular weight excluding hydrogens is 428 g/mol. The van der Waals surface area contributed by atoms with Crippen LogP contribution in [0.2, 0.25) is 0 Å². The van der Waals surface area contributed by atoms with Crippen LogP contribution in [0.1, 0.15) is 11.5 Å². The number of hydrogen-bond acceptors (Lipinski definition) is 5. The van der Waals surface area contributed by atoms with Crippen LogP contribution >= 0.6 is 27.7 Å². The Morgan fingerprint density at radius 1 is 1.11 bits per heavy atom. The number of rotatable bonds is 3. The Balaban J connectivity index is 1.77.